The zero-order valence-corrected chi connectivity index (χ0v) is 13.3. The van der Waals surface area contributed by atoms with Crippen LogP contribution in [0.15, 0.2) is 50.6 Å². The number of hydrogen-bond donors (Lipinski definition) is 0. The standard InChI is InChI=1S/C15H26N3OP/c1-6-10-16(11-7-2)20(19,18-14-15(18)5)17(12-8-3)13-9-4/h6-9,15H,1-4,10-14H2,5H3. The van der Waals surface area contributed by atoms with E-state index in [2.05, 4.69) is 33.2 Å². The molecule has 0 aliphatic carbocycles. The minimum Gasteiger partial charge on any atom is -0.270 e. The molecule has 0 saturated carbocycles. The summed E-state index contributed by atoms with van der Waals surface area (Å²) in [6.07, 6.45) is 7.13. The highest BCUT2D eigenvalue weighted by Crippen LogP contribution is 2.61. The minimum atomic E-state index is -2.81. The first-order chi connectivity index (χ1) is 9.55. The molecule has 1 aliphatic rings. The van der Waals surface area contributed by atoms with E-state index >= 15 is 0 Å². The molecule has 1 rings (SSSR count). The van der Waals surface area contributed by atoms with Gasteiger partial charge < -0.3 is 0 Å². The van der Waals surface area contributed by atoms with E-state index in [1.165, 1.54) is 0 Å². The Bertz CT molecular complexity index is 373. The summed E-state index contributed by atoms with van der Waals surface area (Å²) < 4.78 is 19.7. The molecular formula is C15H26N3OP. The topological polar surface area (TPSA) is 26.6 Å². The number of rotatable bonds is 11. The lowest BCUT2D eigenvalue weighted by Gasteiger charge is -2.38. The fourth-order valence-electron chi connectivity index (χ4n) is 2.26. The van der Waals surface area contributed by atoms with Gasteiger partial charge in [0, 0.05) is 38.8 Å². The third kappa shape index (κ3) is 3.58. The first kappa shape index (κ1) is 17.1. The van der Waals surface area contributed by atoms with Crippen LogP contribution in [0.5, 0.6) is 0 Å². The molecule has 0 bridgehead atoms. The first-order valence-electron chi connectivity index (χ1n) is 6.87. The number of hydrogen-bond acceptors (Lipinski definition) is 1. The van der Waals surface area contributed by atoms with Crippen molar-refractivity contribution in [3.8, 4) is 0 Å². The second-order valence-corrected chi connectivity index (χ2v) is 7.55. The van der Waals surface area contributed by atoms with E-state index in [0.29, 0.717) is 32.2 Å². The summed E-state index contributed by atoms with van der Waals surface area (Å²) in [6.45, 7) is 20.3. The molecule has 0 spiro atoms. The summed E-state index contributed by atoms with van der Waals surface area (Å²) in [4.78, 5) is 0. The van der Waals surface area contributed by atoms with Crippen LogP contribution in [0.4, 0.5) is 0 Å². The van der Waals surface area contributed by atoms with Gasteiger partial charge in [0.2, 0.25) is 0 Å². The molecule has 20 heavy (non-hydrogen) atoms. The summed E-state index contributed by atoms with van der Waals surface area (Å²) in [6, 6.07) is 0.343. The average molecular weight is 295 g/mol. The molecule has 112 valence electrons. The van der Waals surface area contributed by atoms with Gasteiger partial charge in [-0.3, -0.25) is 4.57 Å². The molecule has 5 heteroatoms. The lowest BCUT2D eigenvalue weighted by molar-refractivity contribution is 0.355. The fraction of sp³-hybridized carbons (Fsp3) is 0.467. The van der Waals surface area contributed by atoms with Gasteiger partial charge in [-0.05, 0) is 6.92 Å². The minimum absolute atomic E-state index is 0.343. The fourth-order valence-corrected chi connectivity index (χ4v) is 5.54. The van der Waals surface area contributed by atoms with Crippen LogP contribution in [0.1, 0.15) is 6.92 Å². The molecule has 1 fully saturated rings. The van der Waals surface area contributed by atoms with Crippen molar-refractivity contribution < 1.29 is 4.57 Å². The number of nitrogens with zero attached hydrogens (tertiary/aromatic N) is 3. The van der Waals surface area contributed by atoms with Gasteiger partial charge >= 0.3 is 0 Å². The largest absolute Gasteiger partial charge is 0.288 e. The maximum absolute atomic E-state index is 13.7. The van der Waals surface area contributed by atoms with E-state index in [0.717, 1.165) is 6.54 Å². The quantitative estimate of drug-likeness (QED) is 0.332. The van der Waals surface area contributed by atoms with E-state index < -0.39 is 7.59 Å². The zero-order chi connectivity index (χ0) is 15.2. The van der Waals surface area contributed by atoms with Gasteiger partial charge in [-0.1, -0.05) is 24.3 Å². The van der Waals surface area contributed by atoms with Crippen molar-refractivity contribution in [2.75, 3.05) is 32.7 Å². The van der Waals surface area contributed by atoms with Crippen LogP contribution in [-0.4, -0.2) is 52.8 Å². The molecule has 0 aromatic rings. The molecule has 4 nitrogen and oxygen atoms in total. The normalized spacial score (nSPS) is 21.8. The van der Waals surface area contributed by atoms with Crippen LogP contribution < -0.4 is 0 Å². The molecular weight excluding hydrogens is 269 g/mol. The Morgan fingerprint density at radius 3 is 1.50 bits per heavy atom. The van der Waals surface area contributed by atoms with Crippen LogP contribution in [0, 0.1) is 0 Å². The Hall–Kier alpha value is -0.930. The molecule has 0 amide bonds. The van der Waals surface area contributed by atoms with Gasteiger partial charge in [0.05, 0.1) is 0 Å². The van der Waals surface area contributed by atoms with Crippen molar-refractivity contribution >= 4 is 7.59 Å². The lowest BCUT2D eigenvalue weighted by Crippen LogP contribution is -2.36. The Kier molecular flexibility index (Phi) is 6.63. The summed E-state index contributed by atoms with van der Waals surface area (Å²) in [5, 5.41) is 0. The van der Waals surface area contributed by atoms with Gasteiger partial charge in [0.15, 0.2) is 0 Å². The Balaban J connectivity index is 3.13. The van der Waals surface area contributed by atoms with Crippen LogP contribution in [-0.2, 0) is 4.57 Å². The third-order valence-corrected chi connectivity index (χ3v) is 6.61. The summed E-state index contributed by atoms with van der Waals surface area (Å²) in [5.41, 5.74) is 0. The van der Waals surface area contributed by atoms with Crippen LogP contribution >= 0.6 is 7.59 Å². The maximum Gasteiger partial charge on any atom is 0.288 e. The Morgan fingerprint density at radius 1 is 1.00 bits per heavy atom. The highest BCUT2D eigenvalue weighted by molar-refractivity contribution is 7.57. The van der Waals surface area contributed by atoms with E-state index in [-0.39, 0.29) is 0 Å². The second kappa shape index (κ2) is 7.75. The van der Waals surface area contributed by atoms with Crippen molar-refractivity contribution in [3.63, 3.8) is 0 Å². The van der Waals surface area contributed by atoms with E-state index in [9.17, 15) is 4.57 Å². The zero-order valence-electron chi connectivity index (χ0n) is 12.4. The predicted molar refractivity (Wildman–Crippen MR) is 87.7 cm³/mol. The van der Waals surface area contributed by atoms with E-state index in [1.807, 2.05) is 14.0 Å². The molecule has 1 saturated heterocycles. The van der Waals surface area contributed by atoms with Gasteiger partial charge in [-0.25, -0.2) is 14.0 Å². The molecule has 0 aromatic carbocycles. The van der Waals surface area contributed by atoms with Crippen molar-refractivity contribution in [1.82, 2.24) is 14.0 Å². The third-order valence-electron chi connectivity index (χ3n) is 3.26. The van der Waals surface area contributed by atoms with Crippen molar-refractivity contribution in [2.45, 2.75) is 13.0 Å². The highest BCUT2D eigenvalue weighted by Gasteiger charge is 2.50. The highest BCUT2D eigenvalue weighted by atomic mass is 31.2. The molecule has 0 radical (unpaired) electrons. The van der Waals surface area contributed by atoms with Crippen molar-refractivity contribution in [1.29, 1.82) is 0 Å². The summed E-state index contributed by atoms with van der Waals surface area (Å²) in [5.74, 6) is 0. The van der Waals surface area contributed by atoms with E-state index in [4.69, 9.17) is 0 Å². The summed E-state index contributed by atoms with van der Waals surface area (Å²) >= 11 is 0. The SMILES string of the molecule is C=CCN(CC=C)P(=O)(N(CC=C)CC=C)N1CC1C. The molecule has 1 heterocycles. The molecule has 2 atom stereocenters. The van der Waals surface area contributed by atoms with Crippen LogP contribution in [0.3, 0.4) is 0 Å². The van der Waals surface area contributed by atoms with Crippen LogP contribution in [0.2, 0.25) is 0 Å². The second-order valence-electron chi connectivity index (χ2n) is 4.88. The van der Waals surface area contributed by atoms with E-state index in [1.54, 1.807) is 24.3 Å². The van der Waals surface area contributed by atoms with Gasteiger partial charge in [-0.15, -0.1) is 26.3 Å². The van der Waals surface area contributed by atoms with Crippen LogP contribution in [0.25, 0.3) is 0 Å². The maximum atomic E-state index is 13.7. The van der Waals surface area contributed by atoms with Gasteiger partial charge in [-0.2, -0.15) is 0 Å². The molecule has 2 unspecified atom stereocenters. The van der Waals surface area contributed by atoms with Gasteiger partial charge in [0.25, 0.3) is 7.59 Å². The lowest BCUT2D eigenvalue weighted by atomic mass is 10.5. The smallest absolute Gasteiger partial charge is 0.270 e. The monoisotopic (exact) mass is 295 g/mol. The summed E-state index contributed by atoms with van der Waals surface area (Å²) in [7, 11) is -2.81. The molecule has 0 N–H and O–H groups in total. The van der Waals surface area contributed by atoms with Crippen molar-refractivity contribution in [3.05, 3.63) is 50.6 Å². The Morgan fingerprint density at radius 2 is 1.30 bits per heavy atom. The Labute approximate surface area is 123 Å². The average Bonchev–Trinajstić information content (AvgIpc) is 3.15. The molecule has 0 aromatic heterocycles. The molecule has 1 aliphatic heterocycles. The van der Waals surface area contributed by atoms with Crippen molar-refractivity contribution in [2.24, 2.45) is 0 Å². The first-order valence-corrected chi connectivity index (χ1v) is 8.44. The van der Waals surface area contributed by atoms with Gasteiger partial charge in [0.1, 0.15) is 0 Å². The predicted octanol–water partition coefficient (Wildman–Crippen LogP) is 3.15.